The molecule has 0 aliphatic carbocycles. The molecular weight excluding hydrogens is 254 g/mol. The van der Waals surface area contributed by atoms with Crippen LogP contribution in [-0.2, 0) is 15.0 Å². The molecular formula is C16H21NO3. The molecule has 1 aliphatic heterocycles. The highest BCUT2D eigenvalue weighted by atomic mass is 16.3. The number of likely N-dealkylation sites (tertiary alicyclic amines) is 1. The van der Waals surface area contributed by atoms with E-state index in [-0.39, 0.29) is 24.8 Å². The molecule has 0 saturated carbocycles. The molecule has 1 fully saturated rings. The Bertz CT molecular complexity index is 524. The van der Waals surface area contributed by atoms with Crippen LogP contribution in [0.15, 0.2) is 30.3 Å². The van der Waals surface area contributed by atoms with Crippen LogP contribution in [0.25, 0.3) is 0 Å². The van der Waals surface area contributed by atoms with Gasteiger partial charge in [0.2, 0.25) is 11.8 Å². The Labute approximate surface area is 119 Å². The molecule has 2 amide bonds. The number of aliphatic hydroxyl groups is 1. The minimum Gasteiger partial charge on any atom is -0.388 e. The molecule has 20 heavy (non-hydrogen) atoms. The zero-order chi connectivity index (χ0) is 15.0. The Morgan fingerprint density at radius 2 is 1.90 bits per heavy atom. The molecule has 108 valence electrons. The summed E-state index contributed by atoms with van der Waals surface area (Å²) in [5, 5.41) is 10.1. The van der Waals surface area contributed by atoms with E-state index in [0.29, 0.717) is 6.42 Å². The van der Waals surface area contributed by atoms with Crippen molar-refractivity contribution in [1.82, 2.24) is 4.90 Å². The van der Waals surface area contributed by atoms with Crippen molar-refractivity contribution in [3.05, 3.63) is 35.9 Å². The summed E-state index contributed by atoms with van der Waals surface area (Å²) in [4.78, 5) is 26.0. The van der Waals surface area contributed by atoms with Gasteiger partial charge in [-0.2, -0.15) is 0 Å². The molecule has 0 spiro atoms. The van der Waals surface area contributed by atoms with E-state index in [1.54, 1.807) is 13.8 Å². The van der Waals surface area contributed by atoms with Crippen LogP contribution >= 0.6 is 0 Å². The van der Waals surface area contributed by atoms with Gasteiger partial charge in [-0.05, 0) is 25.8 Å². The molecule has 1 saturated heterocycles. The quantitative estimate of drug-likeness (QED) is 0.853. The van der Waals surface area contributed by atoms with Gasteiger partial charge in [-0.1, -0.05) is 37.3 Å². The molecule has 4 nitrogen and oxygen atoms in total. The topological polar surface area (TPSA) is 57.6 Å². The second kappa shape index (κ2) is 5.02. The first-order valence-electron chi connectivity index (χ1n) is 6.93. The van der Waals surface area contributed by atoms with E-state index < -0.39 is 11.0 Å². The van der Waals surface area contributed by atoms with Crippen molar-refractivity contribution in [2.24, 2.45) is 0 Å². The molecule has 0 aromatic heterocycles. The maximum atomic E-state index is 12.6. The first-order chi connectivity index (χ1) is 9.30. The zero-order valence-electron chi connectivity index (χ0n) is 12.2. The van der Waals surface area contributed by atoms with Crippen molar-refractivity contribution < 1.29 is 14.7 Å². The smallest absolute Gasteiger partial charge is 0.240 e. The van der Waals surface area contributed by atoms with E-state index in [4.69, 9.17) is 0 Å². The molecule has 1 aromatic rings. The van der Waals surface area contributed by atoms with E-state index in [1.807, 2.05) is 37.3 Å². The van der Waals surface area contributed by atoms with Crippen molar-refractivity contribution in [1.29, 1.82) is 0 Å². The van der Waals surface area contributed by atoms with Crippen LogP contribution in [0, 0.1) is 0 Å². The fourth-order valence-corrected chi connectivity index (χ4v) is 2.53. The summed E-state index contributed by atoms with van der Waals surface area (Å²) < 4.78 is 0. The van der Waals surface area contributed by atoms with Crippen molar-refractivity contribution in [3.63, 3.8) is 0 Å². The normalized spacial score (nSPS) is 25.9. The van der Waals surface area contributed by atoms with Crippen LogP contribution in [0.5, 0.6) is 0 Å². The summed E-state index contributed by atoms with van der Waals surface area (Å²) in [6, 6.07) is 9.35. The number of benzene rings is 1. The van der Waals surface area contributed by atoms with Gasteiger partial charge in [0.15, 0.2) is 0 Å². The molecule has 2 unspecified atom stereocenters. The first-order valence-corrected chi connectivity index (χ1v) is 6.93. The lowest BCUT2D eigenvalue weighted by Crippen LogP contribution is -2.45. The maximum absolute atomic E-state index is 12.6. The molecule has 1 heterocycles. The Balaban J connectivity index is 2.29. The van der Waals surface area contributed by atoms with Crippen LogP contribution in [0.4, 0.5) is 0 Å². The predicted molar refractivity (Wildman–Crippen MR) is 76.0 cm³/mol. The van der Waals surface area contributed by atoms with Crippen molar-refractivity contribution in [2.75, 3.05) is 6.54 Å². The van der Waals surface area contributed by atoms with Crippen LogP contribution < -0.4 is 0 Å². The minimum atomic E-state index is -1.03. The molecule has 4 heteroatoms. The van der Waals surface area contributed by atoms with Gasteiger partial charge in [0, 0.05) is 6.42 Å². The first kappa shape index (κ1) is 14.7. The third-order valence-electron chi connectivity index (χ3n) is 4.19. The van der Waals surface area contributed by atoms with Gasteiger partial charge in [0.25, 0.3) is 0 Å². The molecule has 2 atom stereocenters. The number of amides is 2. The average molecular weight is 275 g/mol. The maximum Gasteiger partial charge on any atom is 0.240 e. The Morgan fingerprint density at radius 3 is 2.45 bits per heavy atom. The molecule has 0 bridgehead atoms. The number of hydrogen-bond donors (Lipinski definition) is 1. The average Bonchev–Trinajstić information content (AvgIpc) is 2.64. The number of rotatable bonds is 4. The summed E-state index contributed by atoms with van der Waals surface area (Å²) >= 11 is 0. The third-order valence-corrected chi connectivity index (χ3v) is 4.19. The Hall–Kier alpha value is -1.68. The van der Waals surface area contributed by atoms with E-state index in [0.717, 1.165) is 5.56 Å². The Morgan fingerprint density at radius 1 is 1.30 bits per heavy atom. The molecule has 1 aliphatic rings. The summed E-state index contributed by atoms with van der Waals surface area (Å²) in [6.07, 6.45) is 0.655. The zero-order valence-corrected chi connectivity index (χ0v) is 12.2. The molecule has 1 aromatic carbocycles. The lowest BCUT2D eigenvalue weighted by molar-refractivity contribution is -0.143. The number of imide groups is 1. The van der Waals surface area contributed by atoms with Crippen LogP contribution in [0.2, 0.25) is 0 Å². The largest absolute Gasteiger partial charge is 0.388 e. The van der Waals surface area contributed by atoms with Gasteiger partial charge in [-0.15, -0.1) is 0 Å². The summed E-state index contributed by atoms with van der Waals surface area (Å²) in [7, 11) is 0. The molecule has 1 N–H and O–H groups in total. The Kier molecular flexibility index (Phi) is 3.69. The summed E-state index contributed by atoms with van der Waals surface area (Å²) in [5.41, 5.74) is -1.01. The standard InChI is InChI=1S/C16H21NO3/c1-4-15(2,20)11-17-13(18)10-16(3,14(17)19)12-8-6-5-7-9-12/h5-9,20H,4,10-11H2,1-3H3. The SMILES string of the molecule is CCC(C)(O)CN1C(=O)CC(C)(c2ccccc2)C1=O. The number of carbonyl (C=O) groups excluding carboxylic acids is 2. The van der Waals surface area contributed by atoms with E-state index in [1.165, 1.54) is 4.90 Å². The van der Waals surface area contributed by atoms with E-state index in [9.17, 15) is 14.7 Å². The minimum absolute atomic E-state index is 0.0591. The fraction of sp³-hybridized carbons (Fsp3) is 0.500. The molecule has 0 radical (unpaired) electrons. The number of β-amino-alcohol motifs (C(OH)–C–C–N with tert-alkyl or cyclic N) is 1. The number of carbonyl (C=O) groups is 2. The van der Waals surface area contributed by atoms with Crippen LogP contribution in [0.3, 0.4) is 0 Å². The van der Waals surface area contributed by atoms with Crippen LogP contribution in [-0.4, -0.2) is 34.0 Å². The van der Waals surface area contributed by atoms with Crippen molar-refractivity contribution in [2.45, 2.75) is 44.6 Å². The van der Waals surface area contributed by atoms with Crippen molar-refractivity contribution in [3.8, 4) is 0 Å². The second-order valence-electron chi connectivity index (χ2n) is 6.01. The van der Waals surface area contributed by atoms with E-state index >= 15 is 0 Å². The highest BCUT2D eigenvalue weighted by molar-refractivity contribution is 6.08. The summed E-state index contributed by atoms with van der Waals surface area (Å²) in [5.74, 6) is -0.433. The van der Waals surface area contributed by atoms with Gasteiger partial charge in [0.05, 0.1) is 17.6 Å². The van der Waals surface area contributed by atoms with Gasteiger partial charge < -0.3 is 5.11 Å². The van der Waals surface area contributed by atoms with Gasteiger partial charge in [0.1, 0.15) is 0 Å². The van der Waals surface area contributed by atoms with E-state index in [2.05, 4.69) is 0 Å². The molecule has 2 rings (SSSR count). The van der Waals surface area contributed by atoms with Gasteiger partial charge in [-0.25, -0.2) is 0 Å². The van der Waals surface area contributed by atoms with Crippen LogP contribution in [0.1, 0.15) is 39.2 Å². The predicted octanol–water partition coefficient (Wildman–Crippen LogP) is 1.86. The number of hydrogen-bond acceptors (Lipinski definition) is 3. The second-order valence-corrected chi connectivity index (χ2v) is 6.01. The summed E-state index contributed by atoms with van der Waals surface area (Å²) in [6.45, 7) is 5.33. The van der Waals surface area contributed by atoms with Gasteiger partial charge >= 0.3 is 0 Å². The van der Waals surface area contributed by atoms with Crippen molar-refractivity contribution >= 4 is 11.8 Å². The fourth-order valence-electron chi connectivity index (χ4n) is 2.53. The lowest BCUT2D eigenvalue weighted by Gasteiger charge is -2.28. The van der Waals surface area contributed by atoms with Gasteiger partial charge in [-0.3, -0.25) is 14.5 Å². The highest BCUT2D eigenvalue weighted by Crippen LogP contribution is 2.36. The monoisotopic (exact) mass is 275 g/mol. The highest BCUT2D eigenvalue weighted by Gasteiger charge is 2.50. The lowest BCUT2D eigenvalue weighted by atomic mass is 9.81. The number of nitrogens with zero attached hydrogens (tertiary/aromatic N) is 1. The third kappa shape index (κ3) is 2.48.